The quantitative estimate of drug-likeness (QED) is 0.309. The van der Waals surface area contributed by atoms with Crippen molar-refractivity contribution in [3.63, 3.8) is 0 Å². The molecule has 0 aromatic heterocycles. The Kier molecular flexibility index (Phi) is 4.51. The maximum absolute atomic E-state index is 6.37. The molecule has 0 saturated carbocycles. The van der Waals surface area contributed by atoms with E-state index in [1.165, 1.54) is 0 Å². The van der Waals surface area contributed by atoms with Gasteiger partial charge in [0.05, 0.1) is 0 Å². The van der Waals surface area contributed by atoms with Gasteiger partial charge in [0.15, 0.2) is 6.40 Å². The highest BCUT2D eigenvalue weighted by Gasteiger charge is 1.67. The molecule has 1 N–H and O–H groups in total. The van der Waals surface area contributed by atoms with E-state index in [1.54, 1.807) is 13.3 Å². The van der Waals surface area contributed by atoms with Crippen LogP contribution in [0.3, 0.4) is 0 Å². The van der Waals surface area contributed by atoms with Crippen molar-refractivity contribution < 1.29 is 4.74 Å². The van der Waals surface area contributed by atoms with E-state index in [1.807, 2.05) is 0 Å². The predicted molar refractivity (Wildman–Crippen MR) is 29.2 cm³/mol. The number of aliphatic imine (C=N–C) groups is 1. The molecule has 0 unspecified atom stereocenters. The molecule has 0 radical (unpaired) electrons. The first kappa shape index (κ1) is 6.14. The van der Waals surface area contributed by atoms with E-state index in [2.05, 4.69) is 9.73 Å². The number of nitrogens with zero attached hydrogens (tertiary/aromatic N) is 1. The first-order chi connectivity index (χ1) is 3.41. The highest BCUT2D eigenvalue weighted by molar-refractivity contribution is 5.60. The van der Waals surface area contributed by atoms with Crippen LogP contribution in [0.15, 0.2) is 4.99 Å². The third-order valence-corrected chi connectivity index (χ3v) is 0.437. The average Bonchev–Trinajstić information content (AvgIpc) is 1.69. The summed E-state index contributed by atoms with van der Waals surface area (Å²) in [5.74, 6) is 0. The molecule has 0 amide bonds. The third-order valence-electron chi connectivity index (χ3n) is 0.437. The van der Waals surface area contributed by atoms with Crippen molar-refractivity contribution in [2.75, 3.05) is 13.7 Å². The molecular formula is C4H8N2O. The van der Waals surface area contributed by atoms with Gasteiger partial charge in [-0.25, -0.2) is 0 Å². The molecule has 0 fully saturated rings. The van der Waals surface area contributed by atoms with Crippen LogP contribution in [-0.4, -0.2) is 26.3 Å². The second kappa shape index (κ2) is 5.14. The summed E-state index contributed by atoms with van der Waals surface area (Å²) in [6.45, 7) is 0.403. The van der Waals surface area contributed by atoms with Gasteiger partial charge >= 0.3 is 0 Å². The summed E-state index contributed by atoms with van der Waals surface area (Å²) in [6, 6.07) is 0. The molecule has 3 nitrogen and oxygen atoms in total. The Morgan fingerprint density at radius 1 is 1.86 bits per heavy atom. The van der Waals surface area contributed by atoms with Crippen LogP contribution in [0.4, 0.5) is 0 Å². The Morgan fingerprint density at radius 3 is 3.00 bits per heavy atom. The topological polar surface area (TPSA) is 45.4 Å². The third kappa shape index (κ3) is 5.14. The normalized spacial score (nSPS) is 9.29. The second-order valence-corrected chi connectivity index (χ2v) is 0.892. The van der Waals surface area contributed by atoms with E-state index in [0.717, 1.165) is 6.40 Å². The van der Waals surface area contributed by atoms with Gasteiger partial charge in [0.1, 0.15) is 6.61 Å². The van der Waals surface area contributed by atoms with Gasteiger partial charge < -0.3 is 4.74 Å². The second-order valence-electron chi connectivity index (χ2n) is 0.892. The fourth-order valence-corrected chi connectivity index (χ4v) is 0.166. The van der Waals surface area contributed by atoms with Gasteiger partial charge in [-0.2, -0.15) is 0 Å². The van der Waals surface area contributed by atoms with Crippen LogP contribution in [-0.2, 0) is 4.74 Å². The van der Waals surface area contributed by atoms with E-state index < -0.39 is 0 Å². The fourth-order valence-electron chi connectivity index (χ4n) is 0.166. The van der Waals surface area contributed by atoms with E-state index in [4.69, 9.17) is 5.41 Å². The Morgan fingerprint density at radius 2 is 2.57 bits per heavy atom. The fraction of sp³-hybridized carbons (Fsp3) is 0.500. The number of hydrogen-bond donors (Lipinski definition) is 1. The maximum Gasteiger partial charge on any atom is 0.167 e. The van der Waals surface area contributed by atoms with E-state index >= 15 is 0 Å². The minimum atomic E-state index is 0.403. The van der Waals surface area contributed by atoms with Crippen LogP contribution in [0.25, 0.3) is 0 Å². The Bertz CT molecular complexity index is 70.1. The van der Waals surface area contributed by atoms with Crippen molar-refractivity contribution in [3.05, 3.63) is 0 Å². The molecule has 0 bridgehead atoms. The molecule has 0 aromatic carbocycles. The Labute approximate surface area is 42.5 Å². The van der Waals surface area contributed by atoms with E-state index in [9.17, 15) is 0 Å². The minimum Gasteiger partial charge on any atom is -0.478 e. The molecule has 0 atom stereocenters. The standard InChI is InChI=1S/C4H8N2O/c1-6-2-3-7-4-5/h2,4-5H,3H2,1H3. The van der Waals surface area contributed by atoms with Crippen molar-refractivity contribution in [3.8, 4) is 0 Å². The first-order valence-electron chi connectivity index (χ1n) is 1.93. The van der Waals surface area contributed by atoms with Gasteiger partial charge in [0.2, 0.25) is 0 Å². The van der Waals surface area contributed by atoms with Gasteiger partial charge in [-0.05, 0) is 0 Å². The maximum atomic E-state index is 6.37. The lowest BCUT2D eigenvalue weighted by atomic mass is 10.8. The summed E-state index contributed by atoms with van der Waals surface area (Å²) in [5.41, 5.74) is 0. The Balaban J connectivity index is 2.82. The summed E-state index contributed by atoms with van der Waals surface area (Å²) < 4.78 is 4.47. The predicted octanol–water partition coefficient (Wildman–Crippen LogP) is 0.311. The monoisotopic (exact) mass is 100 g/mol. The summed E-state index contributed by atoms with van der Waals surface area (Å²) in [6.07, 6.45) is 2.48. The number of ether oxygens (including phenoxy) is 1. The van der Waals surface area contributed by atoms with Crippen molar-refractivity contribution in [1.82, 2.24) is 0 Å². The van der Waals surface area contributed by atoms with E-state index in [-0.39, 0.29) is 0 Å². The lowest BCUT2D eigenvalue weighted by Gasteiger charge is -1.85. The highest BCUT2D eigenvalue weighted by atomic mass is 16.5. The SMILES string of the molecule is CN=CCOC=N. The van der Waals surface area contributed by atoms with Gasteiger partial charge in [0, 0.05) is 13.3 Å². The molecule has 40 valence electrons. The van der Waals surface area contributed by atoms with Crippen molar-refractivity contribution in [2.24, 2.45) is 4.99 Å². The van der Waals surface area contributed by atoms with Gasteiger partial charge in [0.25, 0.3) is 0 Å². The molecule has 7 heavy (non-hydrogen) atoms. The van der Waals surface area contributed by atoms with Crippen molar-refractivity contribution in [2.45, 2.75) is 0 Å². The van der Waals surface area contributed by atoms with Gasteiger partial charge in [-0.1, -0.05) is 0 Å². The van der Waals surface area contributed by atoms with Crippen LogP contribution in [0.2, 0.25) is 0 Å². The summed E-state index contributed by atoms with van der Waals surface area (Å²) >= 11 is 0. The van der Waals surface area contributed by atoms with Crippen molar-refractivity contribution >= 4 is 12.6 Å². The molecule has 0 aliphatic heterocycles. The van der Waals surface area contributed by atoms with Crippen molar-refractivity contribution in [1.29, 1.82) is 5.41 Å². The van der Waals surface area contributed by atoms with Crippen LogP contribution in [0, 0.1) is 5.41 Å². The summed E-state index contributed by atoms with van der Waals surface area (Å²) in [4.78, 5) is 3.62. The van der Waals surface area contributed by atoms with Crippen LogP contribution in [0.1, 0.15) is 0 Å². The molecule has 0 aliphatic carbocycles. The smallest absolute Gasteiger partial charge is 0.167 e. The summed E-state index contributed by atoms with van der Waals surface area (Å²) in [7, 11) is 1.66. The van der Waals surface area contributed by atoms with Gasteiger partial charge in [-0.3, -0.25) is 10.4 Å². The summed E-state index contributed by atoms with van der Waals surface area (Å²) in [5, 5.41) is 6.37. The number of rotatable bonds is 3. The van der Waals surface area contributed by atoms with Gasteiger partial charge in [-0.15, -0.1) is 0 Å². The molecule has 0 aromatic rings. The first-order valence-corrected chi connectivity index (χ1v) is 1.93. The molecule has 3 heteroatoms. The molecule has 0 rings (SSSR count). The zero-order valence-corrected chi connectivity index (χ0v) is 4.22. The Hall–Kier alpha value is -0.860. The zero-order valence-electron chi connectivity index (χ0n) is 4.22. The van der Waals surface area contributed by atoms with E-state index in [0.29, 0.717) is 6.61 Å². The minimum absolute atomic E-state index is 0.403. The van der Waals surface area contributed by atoms with Crippen LogP contribution < -0.4 is 0 Å². The molecule has 0 saturated heterocycles. The number of hydrogen-bond acceptors (Lipinski definition) is 3. The molecule has 0 spiro atoms. The highest BCUT2D eigenvalue weighted by Crippen LogP contribution is 1.59. The molecule has 0 aliphatic rings. The lowest BCUT2D eigenvalue weighted by Crippen LogP contribution is -1.90. The zero-order chi connectivity index (χ0) is 5.54. The lowest BCUT2D eigenvalue weighted by molar-refractivity contribution is 0.383. The molecular weight excluding hydrogens is 92.1 g/mol. The average molecular weight is 100 g/mol. The van der Waals surface area contributed by atoms with Crippen LogP contribution >= 0.6 is 0 Å². The largest absolute Gasteiger partial charge is 0.478 e. The van der Waals surface area contributed by atoms with Crippen LogP contribution in [0.5, 0.6) is 0 Å². The number of nitrogens with one attached hydrogen (secondary N) is 1. The molecule has 0 heterocycles.